The molecule has 0 radical (unpaired) electrons. The first kappa shape index (κ1) is 13.6. The fraction of sp³-hybridized carbons (Fsp3) is 0.133. The summed E-state index contributed by atoms with van der Waals surface area (Å²) in [6, 6.07) is 11.1. The average Bonchev–Trinajstić information content (AvgIpc) is 2.36. The van der Waals surface area contributed by atoms with E-state index in [0.717, 1.165) is 21.3 Å². The lowest BCUT2D eigenvalue weighted by molar-refractivity contribution is 0.102. The molecule has 3 N–H and O–H groups in total. The third kappa shape index (κ3) is 3.15. The highest BCUT2D eigenvalue weighted by Crippen LogP contribution is 2.22. The predicted molar refractivity (Wildman–Crippen MR) is 82.4 cm³/mol. The van der Waals surface area contributed by atoms with E-state index in [2.05, 4.69) is 21.2 Å². The maximum Gasteiger partial charge on any atom is 0.256 e. The standard InChI is InChI=1S/C15H15BrN2O/c1-9-3-4-10(2)14(7-9)18-15(19)12-8-11(17)5-6-13(12)16/h3-8H,17H2,1-2H3,(H,18,19). The van der Waals surface area contributed by atoms with Crippen molar-refractivity contribution in [2.45, 2.75) is 13.8 Å². The van der Waals surface area contributed by atoms with Crippen molar-refractivity contribution in [2.75, 3.05) is 11.1 Å². The van der Waals surface area contributed by atoms with E-state index in [4.69, 9.17) is 5.73 Å². The maximum atomic E-state index is 12.3. The van der Waals surface area contributed by atoms with E-state index in [-0.39, 0.29) is 5.91 Å². The van der Waals surface area contributed by atoms with E-state index in [1.807, 2.05) is 32.0 Å². The van der Waals surface area contributed by atoms with Gasteiger partial charge in [0.1, 0.15) is 0 Å². The van der Waals surface area contributed by atoms with Crippen LogP contribution in [-0.2, 0) is 0 Å². The molecule has 0 aliphatic heterocycles. The van der Waals surface area contributed by atoms with Crippen molar-refractivity contribution in [1.82, 2.24) is 0 Å². The zero-order valence-electron chi connectivity index (χ0n) is 10.8. The molecule has 0 aliphatic carbocycles. The molecule has 0 bridgehead atoms. The quantitative estimate of drug-likeness (QED) is 0.825. The molecule has 0 atom stereocenters. The number of aryl methyl sites for hydroxylation is 2. The first-order valence-electron chi connectivity index (χ1n) is 5.91. The van der Waals surface area contributed by atoms with Crippen LogP contribution in [0.15, 0.2) is 40.9 Å². The number of nitrogens with two attached hydrogens (primary N) is 1. The van der Waals surface area contributed by atoms with Gasteiger partial charge >= 0.3 is 0 Å². The zero-order chi connectivity index (χ0) is 14.0. The molecule has 0 spiro atoms. The SMILES string of the molecule is Cc1ccc(C)c(NC(=O)c2cc(N)ccc2Br)c1. The molecule has 0 aliphatic rings. The predicted octanol–water partition coefficient (Wildman–Crippen LogP) is 3.90. The first-order chi connectivity index (χ1) is 8.97. The summed E-state index contributed by atoms with van der Waals surface area (Å²) in [5.74, 6) is -0.173. The zero-order valence-corrected chi connectivity index (χ0v) is 12.4. The van der Waals surface area contributed by atoms with Crippen molar-refractivity contribution >= 4 is 33.2 Å². The van der Waals surface area contributed by atoms with Crippen LogP contribution in [0.3, 0.4) is 0 Å². The first-order valence-corrected chi connectivity index (χ1v) is 6.70. The molecule has 0 fully saturated rings. The summed E-state index contributed by atoms with van der Waals surface area (Å²) < 4.78 is 0.726. The summed E-state index contributed by atoms with van der Waals surface area (Å²) in [5.41, 5.74) is 9.75. The Morgan fingerprint density at radius 3 is 2.63 bits per heavy atom. The monoisotopic (exact) mass is 318 g/mol. The van der Waals surface area contributed by atoms with E-state index in [1.54, 1.807) is 18.2 Å². The molecule has 4 heteroatoms. The number of rotatable bonds is 2. The number of halogens is 1. The highest BCUT2D eigenvalue weighted by Gasteiger charge is 2.11. The van der Waals surface area contributed by atoms with E-state index in [9.17, 15) is 4.79 Å². The molecule has 2 aromatic carbocycles. The lowest BCUT2D eigenvalue weighted by Gasteiger charge is -2.10. The molecule has 19 heavy (non-hydrogen) atoms. The van der Waals surface area contributed by atoms with Crippen molar-refractivity contribution in [3.8, 4) is 0 Å². The van der Waals surface area contributed by atoms with Crippen LogP contribution >= 0.6 is 15.9 Å². The van der Waals surface area contributed by atoms with Gasteiger partial charge in [-0.05, 0) is 65.2 Å². The summed E-state index contributed by atoms with van der Waals surface area (Å²) in [6.45, 7) is 3.95. The lowest BCUT2D eigenvalue weighted by atomic mass is 10.1. The largest absolute Gasteiger partial charge is 0.399 e. The van der Waals surface area contributed by atoms with Crippen LogP contribution in [0.25, 0.3) is 0 Å². The number of anilines is 2. The second kappa shape index (κ2) is 5.45. The van der Waals surface area contributed by atoms with Crippen molar-refractivity contribution < 1.29 is 4.79 Å². The van der Waals surface area contributed by atoms with Gasteiger partial charge in [0.15, 0.2) is 0 Å². The van der Waals surface area contributed by atoms with Gasteiger partial charge < -0.3 is 11.1 Å². The van der Waals surface area contributed by atoms with Gasteiger partial charge in [-0.2, -0.15) is 0 Å². The van der Waals surface area contributed by atoms with Crippen LogP contribution < -0.4 is 11.1 Å². The molecule has 2 rings (SSSR count). The number of carbonyl (C=O) groups excluding carboxylic acids is 1. The molecule has 2 aromatic rings. The minimum Gasteiger partial charge on any atom is -0.399 e. The van der Waals surface area contributed by atoms with E-state index >= 15 is 0 Å². The van der Waals surface area contributed by atoms with E-state index in [1.165, 1.54) is 0 Å². The van der Waals surface area contributed by atoms with E-state index in [0.29, 0.717) is 11.3 Å². The second-order valence-electron chi connectivity index (χ2n) is 4.51. The highest BCUT2D eigenvalue weighted by atomic mass is 79.9. The highest BCUT2D eigenvalue weighted by molar-refractivity contribution is 9.10. The molecule has 0 unspecified atom stereocenters. The Kier molecular flexibility index (Phi) is 3.90. The van der Waals surface area contributed by atoms with E-state index < -0.39 is 0 Å². The van der Waals surface area contributed by atoms with Gasteiger partial charge in [0, 0.05) is 15.8 Å². The van der Waals surface area contributed by atoms with Gasteiger partial charge in [-0.3, -0.25) is 4.79 Å². The average molecular weight is 319 g/mol. The number of benzene rings is 2. The van der Waals surface area contributed by atoms with Gasteiger partial charge in [-0.15, -0.1) is 0 Å². The van der Waals surface area contributed by atoms with Crippen molar-refractivity contribution in [3.05, 3.63) is 57.6 Å². The van der Waals surface area contributed by atoms with Gasteiger partial charge in [0.05, 0.1) is 5.56 Å². The fourth-order valence-corrected chi connectivity index (χ4v) is 2.20. The molecule has 3 nitrogen and oxygen atoms in total. The number of hydrogen-bond acceptors (Lipinski definition) is 2. The van der Waals surface area contributed by atoms with Crippen LogP contribution in [0.5, 0.6) is 0 Å². The van der Waals surface area contributed by atoms with Crippen LogP contribution in [-0.4, -0.2) is 5.91 Å². The minimum absolute atomic E-state index is 0.173. The second-order valence-corrected chi connectivity index (χ2v) is 5.37. The topological polar surface area (TPSA) is 55.1 Å². The number of nitrogens with one attached hydrogen (secondary N) is 1. The lowest BCUT2D eigenvalue weighted by Crippen LogP contribution is -2.14. The Morgan fingerprint density at radius 1 is 1.16 bits per heavy atom. The number of hydrogen-bond donors (Lipinski definition) is 2. The smallest absolute Gasteiger partial charge is 0.256 e. The summed E-state index contributed by atoms with van der Waals surface area (Å²) in [4.78, 5) is 12.3. The van der Waals surface area contributed by atoms with Crippen LogP contribution in [0.2, 0.25) is 0 Å². The molecule has 0 aromatic heterocycles. The summed E-state index contributed by atoms with van der Waals surface area (Å²) >= 11 is 3.36. The molecular weight excluding hydrogens is 304 g/mol. The van der Waals surface area contributed by atoms with Crippen LogP contribution in [0.1, 0.15) is 21.5 Å². The Labute approximate surface area is 121 Å². The third-order valence-electron chi connectivity index (χ3n) is 2.88. The number of amides is 1. The molecule has 0 saturated heterocycles. The van der Waals surface area contributed by atoms with Gasteiger partial charge in [-0.25, -0.2) is 0 Å². The maximum absolute atomic E-state index is 12.3. The summed E-state index contributed by atoms with van der Waals surface area (Å²) in [5, 5.41) is 2.91. The summed E-state index contributed by atoms with van der Waals surface area (Å²) in [6.07, 6.45) is 0. The minimum atomic E-state index is -0.173. The summed E-state index contributed by atoms with van der Waals surface area (Å²) in [7, 11) is 0. The fourth-order valence-electron chi connectivity index (χ4n) is 1.78. The third-order valence-corrected chi connectivity index (χ3v) is 3.57. The van der Waals surface area contributed by atoms with Crippen molar-refractivity contribution in [1.29, 1.82) is 0 Å². The Bertz CT molecular complexity index is 638. The molecule has 1 amide bonds. The Morgan fingerprint density at radius 2 is 1.89 bits per heavy atom. The van der Waals surface area contributed by atoms with Crippen molar-refractivity contribution in [2.24, 2.45) is 0 Å². The van der Waals surface area contributed by atoms with Crippen LogP contribution in [0, 0.1) is 13.8 Å². The van der Waals surface area contributed by atoms with Gasteiger partial charge in [-0.1, -0.05) is 12.1 Å². The molecular formula is C15H15BrN2O. The molecule has 0 saturated carbocycles. The Balaban J connectivity index is 2.30. The van der Waals surface area contributed by atoms with Crippen LogP contribution in [0.4, 0.5) is 11.4 Å². The molecule has 98 valence electrons. The number of nitrogen functional groups attached to an aromatic ring is 1. The Hall–Kier alpha value is -1.81. The van der Waals surface area contributed by atoms with Gasteiger partial charge in [0.2, 0.25) is 0 Å². The normalized spacial score (nSPS) is 10.3. The molecule has 0 heterocycles. The number of carbonyl (C=O) groups is 1. The van der Waals surface area contributed by atoms with Crippen molar-refractivity contribution in [3.63, 3.8) is 0 Å². The van der Waals surface area contributed by atoms with Gasteiger partial charge in [0.25, 0.3) is 5.91 Å².